The highest BCUT2D eigenvalue weighted by molar-refractivity contribution is 6.28. The van der Waals surface area contributed by atoms with E-state index in [9.17, 15) is 0 Å². The van der Waals surface area contributed by atoms with Crippen LogP contribution < -0.4 is 4.90 Å². The maximum atomic E-state index is 2.38. The molecule has 250 valence electrons. The molecule has 0 unspecified atom stereocenters. The average Bonchev–Trinajstić information content (AvgIpc) is 3.53. The zero-order chi connectivity index (χ0) is 35.5. The monoisotopic (exact) mass is 675 g/mol. The zero-order valence-electron chi connectivity index (χ0n) is 29.8. The van der Waals surface area contributed by atoms with Crippen molar-refractivity contribution in [2.75, 3.05) is 4.90 Å². The topological polar surface area (TPSA) is 3.24 Å². The molecule has 0 heterocycles. The molecular weight excluding hydrogens is 639 g/mol. The van der Waals surface area contributed by atoms with Crippen LogP contribution >= 0.6 is 0 Å². The third-order valence-electron chi connectivity index (χ3n) is 10.9. The molecule has 0 fully saturated rings. The molecule has 0 spiro atoms. The molecule has 9 aromatic carbocycles. The summed E-state index contributed by atoms with van der Waals surface area (Å²) in [6, 6.07) is 69.1. The molecule has 0 amide bonds. The number of hydrogen-bond donors (Lipinski definition) is 0. The van der Waals surface area contributed by atoms with Crippen molar-refractivity contribution in [1.82, 2.24) is 0 Å². The Labute approximate surface area is 311 Å². The van der Waals surface area contributed by atoms with Gasteiger partial charge in [-0.1, -0.05) is 152 Å². The summed E-state index contributed by atoms with van der Waals surface area (Å²) in [6.45, 7) is 4.32. The van der Waals surface area contributed by atoms with Crippen LogP contribution in [0.1, 0.15) is 11.1 Å². The van der Waals surface area contributed by atoms with Crippen molar-refractivity contribution in [3.63, 3.8) is 0 Å². The summed E-state index contributed by atoms with van der Waals surface area (Å²) in [5, 5.41) is 5.15. The van der Waals surface area contributed by atoms with Gasteiger partial charge < -0.3 is 4.90 Å². The maximum Gasteiger partial charge on any atom is 0.0467 e. The fraction of sp³-hybridized carbons (Fsp3) is 0.0385. The van der Waals surface area contributed by atoms with Gasteiger partial charge in [-0.05, 0) is 139 Å². The fourth-order valence-electron chi connectivity index (χ4n) is 8.66. The highest BCUT2D eigenvalue weighted by atomic mass is 15.1. The van der Waals surface area contributed by atoms with E-state index in [2.05, 4.69) is 207 Å². The Bertz CT molecular complexity index is 2710. The Balaban J connectivity index is 1.23. The highest BCUT2D eigenvalue weighted by Crippen LogP contribution is 2.58. The number of anilines is 3. The van der Waals surface area contributed by atoms with Crippen LogP contribution in [-0.4, -0.2) is 0 Å². The SMILES string of the molecule is Cc1cccc(N(c2cccc(C)c2)c2cccc(-c3ccc4c5c(cccc35)-c3c-4c(-c4ccccc4)c4ccccc4c3-c3ccccc3)c2)c1. The minimum Gasteiger partial charge on any atom is -0.310 e. The number of aryl methyl sites for hydroxylation is 2. The predicted octanol–water partition coefficient (Wildman–Crippen LogP) is 14.7. The van der Waals surface area contributed by atoms with Gasteiger partial charge in [0, 0.05) is 17.1 Å². The molecule has 1 aliphatic carbocycles. The zero-order valence-corrected chi connectivity index (χ0v) is 29.8. The van der Waals surface area contributed by atoms with E-state index in [1.165, 1.54) is 88.3 Å². The summed E-state index contributed by atoms with van der Waals surface area (Å²) in [7, 11) is 0. The molecule has 0 atom stereocenters. The van der Waals surface area contributed by atoms with Gasteiger partial charge in [-0.3, -0.25) is 0 Å². The van der Waals surface area contributed by atoms with Crippen molar-refractivity contribution < 1.29 is 0 Å². The quantitative estimate of drug-likeness (QED) is 0.170. The molecule has 10 rings (SSSR count). The summed E-state index contributed by atoms with van der Waals surface area (Å²) in [5.41, 5.74) is 18.7. The van der Waals surface area contributed by atoms with Gasteiger partial charge in [-0.2, -0.15) is 0 Å². The highest BCUT2D eigenvalue weighted by Gasteiger charge is 2.31. The lowest BCUT2D eigenvalue weighted by molar-refractivity contribution is 1.26. The summed E-state index contributed by atoms with van der Waals surface area (Å²) in [5.74, 6) is 0. The van der Waals surface area contributed by atoms with E-state index in [0.717, 1.165) is 17.1 Å². The van der Waals surface area contributed by atoms with Gasteiger partial charge in [0.1, 0.15) is 0 Å². The lowest BCUT2D eigenvalue weighted by Crippen LogP contribution is -2.10. The van der Waals surface area contributed by atoms with Crippen LogP contribution in [-0.2, 0) is 0 Å². The second-order valence-corrected chi connectivity index (χ2v) is 14.2. The second kappa shape index (κ2) is 12.5. The van der Waals surface area contributed by atoms with Gasteiger partial charge in [0.15, 0.2) is 0 Å². The standard InChI is InChI=1S/C52H37N/c1-34-15-11-22-39(31-34)53(40-23-12-16-35(2)32-40)41-24-13-21-38(33-41)42-29-30-47-50-43(42)27-14-28-46(50)51-48(36-17-5-3-6-18-36)44-25-9-10-26-45(44)49(52(47)51)37-19-7-4-8-20-37/h3-33H,1-2H3. The largest absolute Gasteiger partial charge is 0.310 e. The first kappa shape index (κ1) is 31.1. The molecule has 9 aromatic rings. The Morgan fingerprint density at radius 1 is 0.302 bits per heavy atom. The number of nitrogens with zero attached hydrogens (tertiary/aromatic N) is 1. The van der Waals surface area contributed by atoms with Crippen molar-refractivity contribution in [1.29, 1.82) is 0 Å². The lowest BCUT2D eigenvalue weighted by Gasteiger charge is -2.26. The second-order valence-electron chi connectivity index (χ2n) is 14.2. The third kappa shape index (κ3) is 5.08. The van der Waals surface area contributed by atoms with E-state index < -0.39 is 0 Å². The smallest absolute Gasteiger partial charge is 0.0467 e. The van der Waals surface area contributed by atoms with Crippen LogP contribution in [0, 0.1) is 13.8 Å². The van der Waals surface area contributed by atoms with Crippen molar-refractivity contribution >= 4 is 38.6 Å². The Kier molecular flexibility index (Phi) is 7.33. The molecule has 1 aliphatic rings. The van der Waals surface area contributed by atoms with Gasteiger partial charge in [0.05, 0.1) is 0 Å². The number of rotatable bonds is 6. The molecule has 1 heteroatoms. The van der Waals surface area contributed by atoms with Gasteiger partial charge in [-0.25, -0.2) is 0 Å². The van der Waals surface area contributed by atoms with Crippen LogP contribution in [0.2, 0.25) is 0 Å². The first-order chi connectivity index (χ1) is 26.1. The Morgan fingerprint density at radius 3 is 1.30 bits per heavy atom. The molecule has 0 saturated heterocycles. The van der Waals surface area contributed by atoms with E-state index in [0.29, 0.717) is 0 Å². The van der Waals surface area contributed by atoms with Crippen LogP contribution in [0.15, 0.2) is 188 Å². The molecule has 0 N–H and O–H groups in total. The van der Waals surface area contributed by atoms with Crippen LogP contribution in [0.25, 0.3) is 77.2 Å². The predicted molar refractivity (Wildman–Crippen MR) is 226 cm³/mol. The minimum absolute atomic E-state index is 1.13. The van der Waals surface area contributed by atoms with Crippen molar-refractivity contribution in [3.05, 3.63) is 199 Å². The van der Waals surface area contributed by atoms with E-state index in [1.54, 1.807) is 0 Å². The van der Waals surface area contributed by atoms with Gasteiger partial charge in [0.2, 0.25) is 0 Å². The average molecular weight is 676 g/mol. The fourth-order valence-corrected chi connectivity index (χ4v) is 8.66. The first-order valence-electron chi connectivity index (χ1n) is 18.4. The Morgan fingerprint density at radius 2 is 0.736 bits per heavy atom. The van der Waals surface area contributed by atoms with E-state index in [-0.39, 0.29) is 0 Å². The molecule has 0 saturated carbocycles. The minimum atomic E-state index is 1.13. The van der Waals surface area contributed by atoms with Gasteiger partial charge in [-0.15, -0.1) is 0 Å². The van der Waals surface area contributed by atoms with Crippen LogP contribution in [0.5, 0.6) is 0 Å². The van der Waals surface area contributed by atoms with E-state index in [1.807, 2.05) is 0 Å². The number of benzene rings is 9. The van der Waals surface area contributed by atoms with Gasteiger partial charge >= 0.3 is 0 Å². The molecular formula is C52H37N. The third-order valence-corrected chi connectivity index (χ3v) is 10.9. The normalized spacial score (nSPS) is 11.6. The molecule has 53 heavy (non-hydrogen) atoms. The summed E-state index contributed by atoms with van der Waals surface area (Å²) in [4.78, 5) is 2.38. The first-order valence-corrected chi connectivity index (χ1v) is 18.4. The van der Waals surface area contributed by atoms with Crippen molar-refractivity contribution in [2.24, 2.45) is 0 Å². The molecule has 0 bridgehead atoms. The van der Waals surface area contributed by atoms with Crippen molar-refractivity contribution in [3.8, 4) is 55.6 Å². The maximum absolute atomic E-state index is 2.38. The van der Waals surface area contributed by atoms with Crippen molar-refractivity contribution in [2.45, 2.75) is 13.8 Å². The summed E-state index contributed by atoms with van der Waals surface area (Å²) in [6.07, 6.45) is 0. The molecule has 0 radical (unpaired) electrons. The summed E-state index contributed by atoms with van der Waals surface area (Å²) >= 11 is 0. The number of fused-ring (bicyclic) bond motifs is 4. The molecule has 0 aromatic heterocycles. The molecule has 0 aliphatic heterocycles. The van der Waals surface area contributed by atoms with E-state index >= 15 is 0 Å². The van der Waals surface area contributed by atoms with Crippen LogP contribution in [0.3, 0.4) is 0 Å². The lowest BCUT2D eigenvalue weighted by atomic mass is 9.82. The Hall–Kier alpha value is -6.70. The van der Waals surface area contributed by atoms with Gasteiger partial charge in [0.25, 0.3) is 0 Å². The number of hydrogen-bond acceptors (Lipinski definition) is 1. The summed E-state index contributed by atoms with van der Waals surface area (Å²) < 4.78 is 0. The van der Waals surface area contributed by atoms with E-state index in [4.69, 9.17) is 0 Å². The van der Waals surface area contributed by atoms with Crippen LogP contribution in [0.4, 0.5) is 17.1 Å². The molecule has 1 nitrogen and oxygen atoms in total.